The van der Waals surface area contributed by atoms with Crippen LogP contribution in [-0.4, -0.2) is 30.9 Å². The van der Waals surface area contributed by atoms with Crippen molar-refractivity contribution in [1.82, 2.24) is 10.2 Å². The summed E-state index contributed by atoms with van der Waals surface area (Å²) in [6, 6.07) is 7.70. The molecule has 0 aromatic heterocycles. The largest absolute Gasteiger partial charge is 0.339 e. The van der Waals surface area contributed by atoms with Gasteiger partial charge in [-0.3, -0.25) is 4.79 Å². The van der Waals surface area contributed by atoms with Gasteiger partial charge >= 0.3 is 0 Å². The van der Waals surface area contributed by atoms with E-state index < -0.39 is 0 Å². The first kappa shape index (κ1) is 13.4. The normalized spacial score (nSPS) is 20.7. The van der Waals surface area contributed by atoms with Crippen molar-refractivity contribution >= 4 is 17.5 Å². The van der Waals surface area contributed by atoms with E-state index >= 15 is 0 Å². The lowest BCUT2D eigenvalue weighted by molar-refractivity contribution is -0.135. The molecule has 18 heavy (non-hydrogen) atoms. The van der Waals surface area contributed by atoms with Gasteiger partial charge in [-0.05, 0) is 31.5 Å². The van der Waals surface area contributed by atoms with Crippen molar-refractivity contribution in [3.05, 3.63) is 34.9 Å². The molecule has 0 bridgehead atoms. The summed E-state index contributed by atoms with van der Waals surface area (Å²) in [5.41, 5.74) is 1.00. The van der Waals surface area contributed by atoms with E-state index in [2.05, 4.69) is 5.32 Å². The summed E-state index contributed by atoms with van der Waals surface area (Å²) in [4.78, 5) is 14.1. The van der Waals surface area contributed by atoms with Crippen LogP contribution >= 0.6 is 11.6 Å². The molecule has 1 aromatic carbocycles. The molecule has 1 N–H and O–H groups in total. The third kappa shape index (κ3) is 2.68. The Labute approximate surface area is 113 Å². The van der Waals surface area contributed by atoms with Gasteiger partial charge in [-0.15, -0.1) is 0 Å². The molecular formula is C14H19ClN2O. The number of benzene rings is 1. The van der Waals surface area contributed by atoms with Crippen LogP contribution in [-0.2, 0) is 4.79 Å². The molecule has 0 aliphatic carbocycles. The molecule has 1 aromatic rings. The highest BCUT2D eigenvalue weighted by Gasteiger charge is 2.28. The van der Waals surface area contributed by atoms with Gasteiger partial charge in [0, 0.05) is 18.6 Å². The Morgan fingerprint density at radius 3 is 2.83 bits per heavy atom. The van der Waals surface area contributed by atoms with Crippen LogP contribution in [0.15, 0.2) is 24.3 Å². The smallest absolute Gasteiger partial charge is 0.227 e. The lowest BCUT2D eigenvalue weighted by atomic mass is 10.0. The molecule has 1 aliphatic heterocycles. The number of amides is 1. The van der Waals surface area contributed by atoms with E-state index in [9.17, 15) is 4.79 Å². The zero-order valence-corrected chi connectivity index (χ0v) is 11.6. The third-order valence-electron chi connectivity index (χ3n) is 3.69. The number of nitrogens with one attached hydrogen (secondary N) is 1. The molecule has 0 spiro atoms. The molecule has 1 amide bonds. The monoisotopic (exact) mass is 266 g/mol. The van der Waals surface area contributed by atoms with Crippen molar-refractivity contribution in [2.45, 2.75) is 19.4 Å². The fourth-order valence-corrected chi connectivity index (χ4v) is 2.66. The first-order chi connectivity index (χ1) is 8.61. The van der Waals surface area contributed by atoms with E-state index in [0.717, 1.165) is 25.1 Å². The van der Waals surface area contributed by atoms with Gasteiger partial charge in [0.2, 0.25) is 5.91 Å². The van der Waals surface area contributed by atoms with E-state index in [-0.39, 0.29) is 17.9 Å². The molecule has 1 heterocycles. The minimum absolute atomic E-state index is 0.00630. The number of hydrogen-bond acceptors (Lipinski definition) is 2. The molecule has 0 unspecified atom stereocenters. The van der Waals surface area contributed by atoms with Crippen molar-refractivity contribution in [3.63, 3.8) is 0 Å². The second-order valence-corrected chi connectivity index (χ2v) is 5.24. The molecular weight excluding hydrogens is 248 g/mol. The van der Waals surface area contributed by atoms with Gasteiger partial charge in [-0.2, -0.15) is 0 Å². The van der Waals surface area contributed by atoms with Crippen LogP contribution < -0.4 is 5.32 Å². The zero-order chi connectivity index (χ0) is 13.1. The van der Waals surface area contributed by atoms with E-state index in [0.29, 0.717) is 5.02 Å². The molecule has 98 valence electrons. The van der Waals surface area contributed by atoms with E-state index in [1.165, 1.54) is 0 Å². The van der Waals surface area contributed by atoms with Gasteiger partial charge in [0.05, 0.1) is 12.0 Å². The molecule has 0 radical (unpaired) electrons. The molecule has 2 rings (SSSR count). The van der Waals surface area contributed by atoms with E-state index in [4.69, 9.17) is 11.6 Å². The maximum atomic E-state index is 12.3. The lowest BCUT2D eigenvalue weighted by Gasteiger charge is -2.28. The second-order valence-electron chi connectivity index (χ2n) is 4.84. The molecule has 1 aliphatic rings. The Hall–Kier alpha value is -1.06. The maximum absolute atomic E-state index is 12.3. The van der Waals surface area contributed by atoms with Crippen LogP contribution in [0, 0.1) is 5.92 Å². The van der Waals surface area contributed by atoms with Gasteiger partial charge in [0.15, 0.2) is 0 Å². The Kier molecular flexibility index (Phi) is 4.25. The summed E-state index contributed by atoms with van der Waals surface area (Å²) >= 11 is 6.18. The Morgan fingerprint density at radius 2 is 2.22 bits per heavy atom. The minimum Gasteiger partial charge on any atom is -0.339 e. The van der Waals surface area contributed by atoms with Crippen LogP contribution in [0.1, 0.15) is 24.9 Å². The number of carbonyl (C=O) groups excluding carboxylic acids is 1. The van der Waals surface area contributed by atoms with E-state index in [1.54, 1.807) is 4.90 Å². The van der Waals surface area contributed by atoms with Crippen molar-refractivity contribution in [1.29, 1.82) is 0 Å². The Balaban J connectivity index is 2.10. The van der Waals surface area contributed by atoms with Crippen LogP contribution in [0.25, 0.3) is 0 Å². The molecule has 4 heteroatoms. The number of halogens is 1. The van der Waals surface area contributed by atoms with E-state index in [1.807, 2.05) is 38.2 Å². The SMILES string of the molecule is C[C@@H](c1ccccc1Cl)N(C)C(=O)[C@@H]1CCNC1. The molecule has 2 atom stereocenters. The van der Waals surface area contributed by atoms with Crippen LogP contribution in [0.3, 0.4) is 0 Å². The van der Waals surface area contributed by atoms with Gasteiger partial charge in [0.25, 0.3) is 0 Å². The summed E-state index contributed by atoms with van der Waals surface area (Å²) < 4.78 is 0. The number of rotatable bonds is 3. The summed E-state index contributed by atoms with van der Waals surface area (Å²) in [7, 11) is 1.86. The topological polar surface area (TPSA) is 32.3 Å². The fraction of sp³-hybridized carbons (Fsp3) is 0.500. The van der Waals surface area contributed by atoms with Crippen LogP contribution in [0.2, 0.25) is 5.02 Å². The van der Waals surface area contributed by atoms with Gasteiger partial charge in [0.1, 0.15) is 0 Å². The highest BCUT2D eigenvalue weighted by molar-refractivity contribution is 6.31. The summed E-state index contributed by atoms with van der Waals surface area (Å²) in [6.45, 7) is 3.74. The summed E-state index contributed by atoms with van der Waals surface area (Å²) in [5, 5.41) is 3.94. The zero-order valence-electron chi connectivity index (χ0n) is 10.8. The first-order valence-electron chi connectivity index (χ1n) is 6.33. The maximum Gasteiger partial charge on any atom is 0.227 e. The summed E-state index contributed by atoms with van der Waals surface area (Å²) in [6.07, 6.45) is 0.929. The quantitative estimate of drug-likeness (QED) is 0.912. The highest BCUT2D eigenvalue weighted by Crippen LogP contribution is 2.27. The molecule has 1 saturated heterocycles. The van der Waals surface area contributed by atoms with Gasteiger partial charge in [-0.1, -0.05) is 29.8 Å². The van der Waals surface area contributed by atoms with Crippen molar-refractivity contribution < 1.29 is 4.79 Å². The first-order valence-corrected chi connectivity index (χ1v) is 6.71. The molecule has 1 fully saturated rings. The van der Waals surface area contributed by atoms with Crippen molar-refractivity contribution in [2.75, 3.05) is 20.1 Å². The summed E-state index contributed by atoms with van der Waals surface area (Å²) in [5.74, 6) is 0.312. The average Bonchev–Trinajstić information content (AvgIpc) is 2.90. The van der Waals surface area contributed by atoms with Crippen LogP contribution in [0.4, 0.5) is 0 Å². The minimum atomic E-state index is 0.00630. The van der Waals surface area contributed by atoms with Gasteiger partial charge in [-0.25, -0.2) is 0 Å². The van der Waals surface area contributed by atoms with Crippen LogP contribution in [0.5, 0.6) is 0 Å². The highest BCUT2D eigenvalue weighted by atomic mass is 35.5. The molecule has 0 saturated carbocycles. The number of carbonyl (C=O) groups is 1. The number of hydrogen-bond donors (Lipinski definition) is 1. The number of nitrogens with zero attached hydrogens (tertiary/aromatic N) is 1. The predicted molar refractivity (Wildman–Crippen MR) is 73.6 cm³/mol. The van der Waals surface area contributed by atoms with Gasteiger partial charge < -0.3 is 10.2 Å². The Morgan fingerprint density at radius 1 is 1.50 bits per heavy atom. The standard InChI is InChI=1S/C14H19ClN2O/c1-10(12-5-3-4-6-13(12)15)17(2)14(18)11-7-8-16-9-11/h3-6,10-11,16H,7-9H2,1-2H3/t10-,11+/m0/s1. The second kappa shape index (κ2) is 5.72. The average molecular weight is 267 g/mol. The van der Waals surface area contributed by atoms with Crippen molar-refractivity contribution in [3.8, 4) is 0 Å². The third-order valence-corrected chi connectivity index (χ3v) is 4.04. The van der Waals surface area contributed by atoms with Crippen molar-refractivity contribution in [2.24, 2.45) is 5.92 Å². The lowest BCUT2D eigenvalue weighted by Crippen LogP contribution is -2.35. The molecule has 3 nitrogen and oxygen atoms in total. The fourth-order valence-electron chi connectivity index (χ4n) is 2.37. The predicted octanol–water partition coefficient (Wildman–Crippen LogP) is 2.47. The Bertz CT molecular complexity index is 430.